The van der Waals surface area contributed by atoms with E-state index in [1.807, 2.05) is 0 Å². The Balaban J connectivity index is 4.09. The SMILES string of the molecule is CC/C=C\C/C=C\C/C=C\C/C=C\C/C=C\C/C=C\CCCCCCCCCCCCCCCCCCC(=O)OCC(COC(=O)CCCCCCCCCCCCCC)OC(=O)CCCCCCCCCCCCCCCCC. The molecule has 1 atom stereocenters. The smallest absolute Gasteiger partial charge is 0.306 e. The first-order valence-corrected chi connectivity index (χ1v) is 34.9. The van der Waals surface area contributed by atoms with Gasteiger partial charge in [-0.3, -0.25) is 14.4 Å². The fourth-order valence-electron chi connectivity index (χ4n) is 10.3. The van der Waals surface area contributed by atoms with Gasteiger partial charge in [0.15, 0.2) is 6.10 Å². The predicted molar refractivity (Wildman–Crippen MR) is 348 cm³/mol. The van der Waals surface area contributed by atoms with Crippen LogP contribution < -0.4 is 0 Å². The first-order valence-electron chi connectivity index (χ1n) is 34.9. The molecule has 0 rings (SSSR count). The summed E-state index contributed by atoms with van der Waals surface area (Å²) in [4.78, 5) is 38.3. The molecular formula is C74H132O6. The Hall–Kier alpha value is -3.15. The molecule has 0 aliphatic rings. The topological polar surface area (TPSA) is 78.9 Å². The maximum absolute atomic E-state index is 12.9. The van der Waals surface area contributed by atoms with Gasteiger partial charge >= 0.3 is 17.9 Å². The molecular weight excluding hydrogens is 985 g/mol. The monoisotopic (exact) mass is 1120 g/mol. The van der Waals surface area contributed by atoms with E-state index < -0.39 is 6.10 Å². The largest absolute Gasteiger partial charge is 0.462 e. The molecule has 6 heteroatoms. The van der Waals surface area contributed by atoms with Crippen LogP contribution in [0.25, 0.3) is 0 Å². The molecule has 0 radical (unpaired) electrons. The van der Waals surface area contributed by atoms with Crippen molar-refractivity contribution in [2.45, 2.75) is 367 Å². The highest BCUT2D eigenvalue weighted by Gasteiger charge is 2.19. The molecule has 0 N–H and O–H groups in total. The second-order valence-electron chi connectivity index (χ2n) is 23.4. The fourth-order valence-corrected chi connectivity index (χ4v) is 10.3. The van der Waals surface area contributed by atoms with E-state index in [2.05, 4.69) is 93.7 Å². The molecule has 1 unspecified atom stereocenters. The predicted octanol–water partition coefficient (Wildman–Crippen LogP) is 24.1. The summed E-state index contributed by atoms with van der Waals surface area (Å²) < 4.78 is 16.9. The first-order chi connectivity index (χ1) is 39.5. The lowest BCUT2D eigenvalue weighted by Gasteiger charge is -2.18. The van der Waals surface area contributed by atoms with Gasteiger partial charge < -0.3 is 14.2 Å². The van der Waals surface area contributed by atoms with Crippen molar-refractivity contribution in [1.82, 2.24) is 0 Å². The lowest BCUT2D eigenvalue weighted by Crippen LogP contribution is -2.30. The molecule has 0 saturated carbocycles. The molecule has 0 aromatic carbocycles. The van der Waals surface area contributed by atoms with Gasteiger partial charge in [-0.25, -0.2) is 0 Å². The Bertz CT molecular complexity index is 1470. The van der Waals surface area contributed by atoms with Gasteiger partial charge in [-0.2, -0.15) is 0 Å². The minimum absolute atomic E-state index is 0.0672. The van der Waals surface area contributed by atoms with Gasteiger partial charge in [0.05, 0.1) is 0 Å². The average molecular weight is 1120 g/mol. The van der Waals surface area contributed by atoms with Crippen LogP contribution in [-0.4, -0.2) is 37.2 Å². The van der Waals surface area contributed by atoms with Crippen molar-refractivity contribution in [2.24, 2.45) is 0 Å². The van der Waals surface area contributed by atoms with E-state index in [0.29, 0.717) is 19.3 Å². The summed E-state index contributed by atoms with van der Waals surface area (Å²) >= 11 is 0. The van der Waals surface area contributed by atoms with E-state index >= 15 is 0 Å². The number of hydrogen-bond donors (Lipinski definition) is 0. The number of carbonyl (C=O) groups excluding carboxylic acids is 3. The van der Waals surface area contributed by atoms with Crippen LogP contribution in [-0.2, 0) is 28.6 Å². The van der Waals surface area contributed by atoms with Gasteiger partial charge in [0.25, 0.3) is 0 Å². The zero-order valence-electron chi connectivity index (χ0n) is 53.3. The summed E-state index contributed by atoms with van der Waals surface area (Å²) in [5.41, 5.74) is 0. The van der Waals surface area contributed by atoms with Gasteiger partial charge in [0.2, 0.25) is 0 Å². The minimum atomic E-state index is -0.769. The van der Waals surface area contributed by atoms with E-state index in [4.69, 9.17) is 14.2 Å². The number of allylic oxidation sites excluding steroid dienone is 12. The van der Waals surface area contributed by atoms with Crippen LogP contribution in [0.2, 0.25) is 0 Å². The third kappa shape index (κ3) is 65.7. The van der Waals surface area contributed by atoms with E-state index in [0.717, 1.165) is 96.3 Å². The summed E-state index contributed by atoms with van der Waals surface area (Å²) in [7, 11) is 0. The third-order valence-corrected chi connectivity index (χ3v) is 15.5. The number of carbonyl (C=O) groups is 3. The highest BCUT2D eigenvalue weighted by atomic mass is 16.6. The molecule has 0 aliphatic carbocycles. The van der Waals surface area contributed by atoms with Crippen LogP contribution in [0.5, 0.6) is 0 Å². The van der Waals surface area contributed by atoms with Crippen LogP contribution in [0.15, 0.2) is 72.9 Å². The zero-order chi connectivity index (χ0) is 57.8. The Labute approximate surface area is 497 Å². The molecule has 80 heavy (non-hydrogen) atoms. The maximum atomic E-state index is 12.9. The van der Waals surface area contributed by atoms with Crippen LogP contribution in [0.4, 0.5) is 0 Å². The summed E-state index contributed by atoms with van der Waals surface area (Å²) in [5, 5.41) is 0. The Morgan fingerprint density at radius 1 is 0.263 bits per heavy atom. The van der Waals surface area contributed by atoms with E-state index in [9.17, 15) is 14.4 Å². The summed E-state index contributed by atoms with van der Waals surface area (Å²) in [6, 6.07) is 0. The molecule has 0 saturated heterocycles. The Morgan fingerprint density at radius 2 is 0.487 bits per heavy atom. The molecule has 464 valence electrons. The van der Waals surface area contributed by atoms with Crippen molar-refractivity contribution in [3.8, 4) is 0 Å². The lowest BCUT2D eigenvalue weighted by atomic mass is 10.0. The van der Waals surface area contributed by atoms with Gasteiger partial charge in [-0.05, 0) is 70.6 Å². The first kappa shape index (κ1) is 76.9. The van der Waals surface area contributed by atoms with Crippen LogP contribution in [0.3, 0.4) is 0 Å². The maximum Gasteiger partial charge on any atom is 0.306 e. The molecule has 6 nitrogen and oxygen atoms in total. The Kier molecular flexibility index (Phi) is 65.7. The second-order valence-corrected chi connectivity index (χ2v) is 23.4. The van der Waals surface area contributed by atoms with Crippen molar-refractivity contribution in [3.63, 3.8) is 0 Å². The fraction of sp³-hybridized carbons (Fsp3) is 0.797. The lowest BCUT2D eigenvalue weighted by molar-refractivity contribution is -0.167. The van der Waals surface area contributed by atoms with Gasteiger partial charge in [-0.1, -0.05) is 344 Å². The van der Waals surface area contributed by atoms with Crippen molar-refractivity contribution < 1.29 is 28.6 Å². The van der Waals surface area contributed by atoms with Crippen molar-refractivity contribution in [2.75, 3.05) is 13.2 Å². The molecule has 0 bridgehead atoms. The molecule has 0 aliphatic heterocycles. The molecule has 0 spiro atoms. The second kappa shape index (κ2) is 68.3. The quantitative estimate of drug-likeness (QED) is 0.0261. The van der Waals surface area contributed by atoms with Crippen LogP contribution >= 0.6 is 0 Å². The van der Waals surface area contributed by atoms with E-state index in [1.54, 1.807) is 0 Å². The molecule has 0 aromatic heterocycles. The average Bonchev–Trinajstić information content (AvgIpc) is 3.46. The van der Waals surface area contributed by atoms with Gasteiger partial charge in [0, 0.05) is 19.3 Å². The highest BCUT2D eigenvalue weighted by molar-refractivity contribution is 5.71. The van der Waals surface area contributed by atoms with Crippen LogP contribution in [0.1, 0.15) is 361 Å². The summed E-state index contributed by atoms with van der Waals surface area (Å²) in [6.07, 6.45) is 89.3. The van der Waals surface area contributed by atoms with Crippen molar-refractivity contribution in [3.05, 3.63) is 72.9 Å². The number of ether oxygens (including phenoxy) is 3. The van der Waals surface area contributed by atoms with Crippen molar-refractivity contribution >= 4 is 17.9 Å². The van der Waals surface area contributed by atoms with E-state index in [1.165, 1.54) is 225 Å². The number of hydrogen-bond acceptors (Lipinski definition) is 6. The molecule has 0 heterocycles. The number of rotatable bonds is 64. The van der Waals surface area contributed by atoms with Crippen LogP contribution in [0, 0.1) is 0 Å². The van der Waals surface area contributed by atoms with E-state index in [-0.39, 0.29) is 31.1 Å². The zero-order valence-corrected chi connectivity index (χ0v) is 53.3. The van der Waals surface area contributed by atoms with Gasteiger partial charge in [-0.15, -0.1) is 0 Å². The summed E-state index contributed by atoms with van der Waals surface area (Å²) in [5.74, 6) is -0.844. The molecule has 0 amide bonds. The number of esters is 3. The summed E-state index contributed by atoms with van der Waals surface area (Å²) in [6.45, 7) is 6.58. The molecule has 0 aromatic rings. The Morgan fingerprint density at radius 3 is 0.762 bits per heavy atom. The molecule has 0 fully saturated rings. The van der Waals surface area contributed by atoms with Gasteiger partial charge in [0.1, 0.15) is 13.2 Å². The highest BCUT2D eigenvalue weighted by Crippen LogP contribution is 2.18. The standard InChI is InChI=1S/C74H132O6/c1-4-7-10-13-16-19-22-25-27-28-29-30-31-32-33-34-35-36-37-38-39-40-41-42-43-44-45-46-48-49-52-55-58-61-64-67-73(76)79-70-71(69-78-72(75)66-63-60-57-54-51-24-21-18-15-12-9-6-3)80-74(77)68-65-62-59-56-53-50-47-26-23-20-17-14-11-8-5-2/h7,10,16,19,25,27,29-30,32-33,35-36,71H,4-6,8-9,11-15,17-18,20-24,26,28,31,34,37-70H2,1-3H3/b10-7-,19-16-,27-25-,30-29-,33-32-,36-35-. The third-order valence-electron chi connectivity index (χ3n) is 15.5. The number of unbranched alkanes of at least 4 members (excludes halogenated alkanes) is 41. The normalized spacial score (nSPS) is 12.5. The minimum Gasteiger partial charge on any atom is -0.462 e. The van der Waals surface area contributed by atoms with Crippen molar-refractivity contribution in [1.29, 1.82) is 0 Å².